The molecule has 0 aliphatic heterocycles. The fourth-order valence-corrected chi connectivity index (χ4v) is 0.707. The van der Waals surface area contributed by atoms with Gasteiger partial charge >= 0.3 is 11.9 Å². The molecular weight excluding hydrogens is 328 g/mol. The fraction of sp³-hybridized carbons (Fsp3) is 0.500. The van der Waals surface area contributed by atoms with Gasteiger partial charge in [0.25, 0.3) is 0 Å². The average Bonchev–Trinajstić information content (AvgIpc) is 2.42. The quantitative estimate of drug-likeness (QED) is 0.257. The summed E-state index contributed by atoms with van der Waals surface area (Å²) in [6, 6.07) is 0. The van der Waals surface area contributed by atoms with Gasteiger partial charge in [-0.2, -0.15) is 0 Å². The molecule has 0 rings (SSSR count). The van der Waals surface area contributed by atoms with Crippen molar-refractivity contribution in [3.63, 3.8) is 0 Å². The van der Waals surface area contributed by atoms with Crippen LogP contribution in [-0.2, 0) is 28.8 Å². The highest BCUT2D eigenvalue weighted by atomic mass is 16.4. The minimum atomic E-state index is -1.08. The molecule has 0 aliphatic rings. The van der Waals surface area contributed by atoms with Crippen molar-refractivity contribution in [1.29, 1.82) is 0 Å². The van der Waals surface area contributed by atoms with E-state index in [9.17, 15) is 28.8 Å². The summed E-state index contributed by atoms with van der Waals surface area (Å²) in [6.07, 6.45) is -0.389. The number of hydrogen-bond donors (Lipinski definition) is 6. The fourth-order valence-electron chi connectivity index (χ4n) is 0.707. The second kappa shape index (κ2) is 16.2. The third-order valence-electron chi connectivity index (χ3n) is 1.79. The summed E-state index contributed by atoms with van der Waals surface area (Å²) in [4.78, 5) is 59.0. The average molecular weight is 350 g/mol. The molecule has 0 radical (unpaired) electrons. The van der Waals surface area contributed by atoms with Crippen LogP contribution >= 0.6 is 0 Å². The molecule has 0 unspecified atom stereocenters. The minimum Gasteiger partial charge on any atom is -0.481 e. The summed E-state index contributed by atoms with van der Waals surface area (Å²) in [5.41, 5.74) is 18.8. The highest BCUT2D eigenvalue weighted by Crippen LogP contribution is 1.86. The minimum absolute atomic E-state index is 0.0509. The number of nitrogens with two attached hydrogens (primary N) is 4. The molecule has 0 bridgehead atoms. The Kier molecular flexibility index (Phi) is 17.4. The summed E-state index contributed by atoms with van der Waals surface area (Å²) >= 11 is 0. The Balaban J connectivity index is -0.000000276. The third kappa shape index (κ3) is 42.8. The van der Waals surface area contributed by atoms with Crippen LogP contribution < -0.4 is 22.9 Å². The van der Waals surface area contributed by atoms with Gasteiger partial charge in [-0.1, -0.05) is 0 Å². The van der Waals surface area contributed by atoms with Crippen molar-refractivity contribution in [1.82, 2.24) is 0 Å². The predicted octanol–water partition coefficient (Wildman–Crippen LogP) is -2.59. The number of carbonyl (C=O) groups excluding carboxylic acids is 4. The molecular formula is C12H22N4O8. The number of amides is 4. The molecule has 4 amide bonds. The second-order valence-corrected chi connectivity index (χ2v) is 4.15. The number of carboxylic acid groups (broad SMARTS) is 2. The first kappa shape index (κ1) is 25.8. The van der Waals surface area contributed by atoms with Crippen LogP contribution in [0.5, 0.6) is 0 Å². The van der Waals surface area contributed by atoms with Crippen LogP contribution in [0.25, 0.3) is 0 Å². The molecule has 0 atom stereocenters. The molecule has 10 N–H and O–H groups in total. The summed E-state index contributed by atoms with van der Waals surface area (Å²) in [5, 5.41) is 15.8. The van der Waals surface area contributed by atoms with E-state index in [4.69, 9.17) is 33.1 Å². The molecule has 12 nitrogen and oxygen atoms in total. The molecule has 0 aliphatic carbocycles. The van der Waals surface area contributed by atoms with Gasteiger partial charge in [-0.15, -0.1) is 0 Å². The summed E-state index contributed by atoms with van der Waals surface area (Å²) in [6.45, 7) is 0. The van der Waals surface area contributed by atoms with Crippen LogP contribution in [0.2, 0.25) is 0 Å². The van der Waals surface area contributed by atoms with Gasteiger partial charge in [0.1, 0.15) is 0 Å². The lowest BCUT2D eigenvalue weighted by Crippen LogP contribution is -2.16. The highest BCUT2D eigenvalue weighted by molar-refractivity contribution is 5.82. The molecule has 24 heavy (non-hydrogen) atoms. The molecule has 0 fully saturated rings. The third-order valence-corrected chi connectivity index (χ3v) is 1.79. The molecule has 0 spiro atoms. The van der Waals surface area contributed by atoms with Crippen molar-refractivity contribution in [2.24, 2.45) is 22.9 Å². The van der Waals surface area contributed by atoms with E-state index in [1.807, 2.05) is 0 Å². The van der Waals surface area contributed by atoms with Crippen LogP contribution in [0, 0.1) is 0 Å². The van der Waals surface area contributed by atoms with E-state index >= 15 is 0 Å². The maximum absolute atomic E-state index is 9.92. The number of rotatable bonds is 9. The summed E-state index contributed by atoms with van der Waals surface area (Å²) in [7, 11) is 0. The van der Waals surface area contributed by atoms with Crippen LogP contribution in [0.1, 0.15) is 38.5 Å². The van der Waals surface area contributed by atoms with E-state index in [1.165, 1.54) is 0 Å². The first-order valence-electron chi connectivity index (χ1n) is 6.45. The lowest BCUT2D eigenvalue weighted by Gasteiger charge is -1.87. The maximum atomic E-state index is 9.92. The standard InChI is InChI=1S/2C4H8N2O2.C4H6O4/c2*5-3(7)1-2-4(6)8;5-3(6)1-2-4(7)8/h2*1-2H2,(H2,5,7)(H2,6,8);1-2H2,(H,5,6)(H,7,8). The number of hydrogen-bond acceptors (Lipinski definition) is 6. The van der Waals surface area contributed by atoms with Gasteiger partial charge in [0.15, 0.2) is 0 Å². The Bertz CT molecular complexity index is 355. The van der Waals surface area contributed by atoms with Crippen molar-refractivity contribution in [3.05, 3.63) is 0 Å². The number of carbonyl (C=O) groups is 6. The van der Waals surface area contributed by atoms with E-state index in [0.29, 0.717) is 0 Å². The SMILES string of the molecule is NC(=O)CCC(N)=O.NC(=O)CCC(N)=O.O=C(O)CCC(=O)O. The van der Waals surface area contributed by atoms with E-state index in [0.717, 1.165) is 0 Å². The van der Waals surface area contributed by atoms with Crippen LogP contribution in [0.4, 0.5) is 0 Å². The van der Waals surface area contributed by atoms with Crippen molar-refractivity contribution >= 4 is 35.6 Å². The lowest BCUT2D eigenvalue weighted by molar-refractivity contribution is -0.143. The molecule has 12 heteroatoms. The first-order chi connectivity index (χ1) is 10.9. The van der Waals surface area contributed by atoms with Crippen LogP contribution in [0.15, 0.2) is 0 Å². The Morgan fingerprint density at radius 1 is 0.458 bits per heavy atom. The molecule has 0 aromatic heterocycles. The van der Waals surface area contributed by atoms with Gasteiger partial charge in [0, 0.05) is 25.7 Å². The maximum Gasteiger partial charge on any atom is 0.303 e. The van der Waals surface area contributed by atoms with E-state index in [-0.39, 0.29) is 38.5 Å². The topological polar surface area (TPSA) is 247 Å². The first-order valence-corrected chi connectivity index (χ1v) is 6.45. The van der Waals surface area contributed by atoms with E-state index < -0.39 is 35.6 Å². The van der Waals surface area contributed by atoms with Crippen molar-refractivity contribution < 1.29 is 39.0 Å². The summed E-state index contributed by atoms with van der Waals surface area (Å²) in [5.74, 6) is -4.14. The zero-order chi connectivity index (χ0) is 19.7. The Morgan fingerprint density at radius 3 is 0.708 bits per heavy atom. The van der Waals surface area contributed by atoms with E-state index in [2.05, 4.69) is 0 Å². The monoisotopic (exact) mass is 350 g/mol. The highest BCUT2D eigenvalue weighted by Gasteiger charge is 2.00. The lowest BCUT2D eigenvalue weighted by atomic mass is 10.3. The Labute approximate surface area is 137 Å². The number of aliphatic carboxylic acids is 2. The van der Waals surface area contributed by atoms with Gasteiger partial charge in [-0.25, -0.2) is 0 Å². The van der Waals surface area contributed by atoms with Gasteiger partial charge < -0.3 is 33.1 Å². The molecule has 0 aromatic carbocycles. The van der Waals surface area contributed by atoms with Crippen molar-refractivity contribution in [3.8, 4) is 0 Å². The van der Waals surface area contributed by atoms with Gasteiger partial charge in [-0.05, 0) is 0 Å². The zero-order valence-electron chi connectivity index (χ0n) is 12.9. The number of primary amides is 4. The number of carboxylic acids is 2. The summed E-state index contributed by atoms with van der Waals surface area (Å²) < 4.78 is 0. The normalized spacial score (nSPS) is 8.50. The second-order valence-electron chi connectivity index (χ2n) is 4.15. The van der Waals surface area contributed by atoms with Crippen molar-refractivity contribution in [2.45, 2.75) is 38.5 Å². The Morgan fingerprint density at radius 2 is 0.625 bits per heavy atom. The largest absolute Gasteiger partial charge is 0.481 e. The van der Waals surface area contributed by atoms with Crippen LogP contribution in [0.3, 0.4) is 0 Å². The molecule has 0 saturated heterocycles. The Hall–Kier alpha value is -3.18. The van der Waals surface area contributed by atoms with E-state index in [1.54, 1.807) is 0 Å². The molecule has 0 saturated carbocycles. The smallest absolute Gasteiger partial charge is 0.303 e. The van der Waals surface area contributed by atoms with Crippen molar-refractivity contribution in [2.75, 3.05) is 0 Å². The van der Waals surface area contributed by atoms with Gasteiger partial charge in [0.2, 0.25) is 23.6 Å². The van der Waals surface area contributed by atoms with Gasteiger partial charge in [0.05, 0.1) is 12.8 Å². The van der Waals surface area contributed by atoms with Crippen LogP contribution in [-0.4, -0.2) is 45.8 Å². The van der Waals surface area contributed by atoms with Gasteiger partial charge in [-0.3, -0.25) is 28.8 Å². The molecule has 0 heterocycles. The zero-order valence-corrected chi connectivity index (χ0v) is 12.9. The predicted molar refractivity (Wildman–Crippen MR) is 79.8 cm³/mol. The molecule has 0 aromatic rings. The molecule has 138 valence electrons.